The first-order chi connectivity index (χ1) is 17.7. The molecule has 0 radical (unpaired) electrons. The average molecular weight is 500 g/mol. The van der Waals surface area contributed by atoms with Crippen molar-refractivity contribution in [3.05, 3.63) is 89.2 Å². The molecule has 10 heteroatoms. The number of carbonyl (C=O) groups is 4. The van der Waals surface area contributed by atoms with Crippen LogP contribution in [-0.4, -0.2) is 34.8 Å². The summed E-state index contributed by atoms with van der Waals surface area (Å²) in [6.07, 6.45) is 0.272. The average Bonchev–Trinajstić information content (AvgIpc) is 3.45. The van der Waals surface area contributed by atoms with Crippen LogP contribution < -0.4 is 21.3 Å². The summed E-state index contributed by atoms with van der Waals surface area (Å²) >= 11 is 0. The fourth-order valence-corrected chi connectivity index (χ4v) is 5.86. The number of rotatable bonds is 4. The number of nitrogens with two attached hydrogens (primary N) is 1. The summed E-state index contributed by atoms with van der Waals surface area (Å²) in [5.41, 5.74) is 5.53. The van der Waals surface area contributed by atoms with Gasteiger partial charge in [-0.2, -0.15) is 0 Å². The predicted octanol–water partition coefficient (Wildman–Crippen LogP) is 1.80. The third-order valence-corrected chi connectivity index (χ3v) is 7.48. The van der Waals surface area contributed by atoms with Crippen molar-refractivity contribution in [2.75, 3.05) is 10.2 Å². The lowest BCUT2D eigenvalue weighted by atomic mass is 9.76. The molecular weight excluding hydrogens is 479 g/mol. The molecule has 2 fully saturated rings. The fraction of sp³-hybridized carbons (Fsp3) is 0.185. The lowest BCUT2D eigenvalue weighted by Gasteiger charge is -2.29. The summed E-state index contributed by atoms with van der Waals surface area (Å²) in [6.45, 7) is 0. The van der Waals surface area contributed by atoms with Crippen LogP contribution in [0.15, 0.2) is 66.7 Å². The number of halogens is 1. The van der Waals surface area contributed by atoms with Gasteiger partial charge in [0.15, 0.2) is 0 Å². The maximum absolute atomic E-state index is 14.4. The van der Waals surface area contributed by atoms with Crippen LogP contribution in [0.25, 0.3) is 0 Å². The van der Waals surface area contributed by atoms with Gasteiger partial charge in [0.2, 0.25) is 23.6 Å². The van der Waals surface area contributed by atoms with Crippen LogP contribution in [0.1, 0.15) is 21.5 Å². The Balaban J connectivity index is 1.47. The van der Waals surface area contributed by atoms with Gasteiger partial charge in [0.1, 0.15) is 17.1 Å². The van der Waals surface area contributed by atoms with Crippen LogP contribution in [0.5, 0.6) is 5.75 Å². The number of nitrogens with zero attached hydrogens (tertiary/aromatic N) is 1. The predicted molar refractivity (Wildman–Crippen MR) is 130 cm³/mol. The molecule has 3 aliphatic rings. The highest BCUT2D eigenvalue weighted by molar-refractivity contribution is 6.25. The van der Waals surface area contributed by atoms with Gasteiger partial charge in [-0.05, 0) is 66.6 Å². The van der Waals surface area contributed by atoms with E-state index in [2.05, 4.69) is 10.6 Å². The molecule has 2 saturated heterocycles. The Morgan fingerprint density at radius 3 is 2.38 bits per heavy atom. The number of aromatic hydroxyl groups is 1. The molecule has 0 bridgehead atoms. The number of phenolic OH excluding ortho intramolecular Hbond substituents is 1. The van der Waals surface area contributed by atoms with E-state index >= 15 is 0 Å². The Kier molecular flexibility index (Phi) is 4.93. The number of fused-ring (bicyclic) bond motifs is 4. The van der Waals surface area contributed by atoms with Gasteiger partial charge in [-0.25, -0.2) is 9.29 Å². The molecule has 0 aliphatic carbocycles. The van der Waals surface area contributed by atoms with Gasteiger partial charge < -0.3 is 16.2 Å². The van der Waals surface area contributed by atoms with Gasteiger partial charge >= 0.3 is 0 Å². The minimum absolute atomic E-state index is 0.0785. The molecule has 4 atom stereocenters. The highest BCUT2D eigenvalue weighted by Crippen LogP contribution is 2.54. The molecule has 3 aromatic rings. The molecule has 1 spiro atoms. The Hall–Kier alpha value is -4.57. The first-order valence-corrected chi connectivity index (χ1v) is 11.7. The largest absolute Gasteiger partial charge is 0.508 e. The SMILES string of the molecule is NC(=O)c1ccc(N2C(=O)[C@@H]3[C@H](Cc4ccc(O)cc4)N[C@@]4(C(=O)Nc5ccc(F)cc54)[C@@H]3C2=O)cc1. The molecule has 4 amide bonds. The van der Waals surface area contributed by atoms with E-state index in [1.807, 2.05) is 0 Å². The van der Waals surface area contributed by atoms with Crippen molar-refractivity contribution in [2.45, 2.75) is 18.0 Å². The molecule has 5 N–H and O–H groups in total. The first kappa shape index (κ1) is 22.9. The summed E-state index contributed by atoms with van der Waals surface area (Å²) in [6, 6.07) is 15.4. The van der Waals surface area contributed by atoms with E-state index < -0.39 is 52.9 Å². The van der Waals surface area contributed by atoms with Crippen molar-refractivity contribution in [2.24, 2.45) is 17.6 Å². The Morgan fingerprint density at radius 2 is 1.70 bits per heavy atom. The van der Waals surface area contributed by atoms with E-state index in [0.29, 0.717) is 5.69 Å². The summed E-state index contributed by atoms with van der Waals surface area (Å²) in [7, 11) is 0. The van der Waals surface area contributed by atoms with E-state index in [4.69, 9.17) is 5.73 Å². The van der Waals surface area contributed by atoms with Crippen LogP contribution in [-0.2, 0) is 26.3 Å². The third-order valence-electron chi connectivity index (χ3n) is 7.48. The van der Waals surface area contributed by atoms with E-state index in [1.165, 1.54) is 54.6 Å². The summed E-state index contributed by atoms with van der Waals surface area (Å²) in [5.74, 6) is -4.87. The van der Waals surface area contributed by atoms with Crippen LogP contribution in [0.4, 0.5) is 15.8 Å². The second-order valence-electron chi connectivity index (χ2n) is 9.50. The molecular formula is C27H21FN4O5. The zero-order chi connectivity index (χ0) is 26.1. The van der Waals surface area contributed by atoms with Crippen molar-refractivity contribution < 1.29 is 28.7 Å². The number of amides is 4. The zero-order valence-corrected chi connectivity index (χ0v) is 19.3. The number of carbonyl (C=O) groups excluding carboxylic acids is 4. The van der Waals surface area contributed by atoms with E-state index in [1.54, 1.807) is 12.1 Å². The Bertz CT molecular complexity index is 1490. The fourth-order valence-electron chi connectivity index (χ4n) is 5.86. The molecule has 3 aromatic carbocycles. The number of hydrogen-bond acceptors (Lipinski definition) is 6. The van der Waals surface area contributed by atoms with E-state index in [0.717, 1.165) is 10.5 Å². The number of hydrogen-bond donors (Lipinski definition) is 4. The van der Waals surface area contributed by atoms with Crippen molar-refractivity contribution in [3.8, 4) is 5.75 Å². The lowest BCUT2D eigenvalue weighted by Crippen LogP contribution is -2.53. The molecule has 3 heterocycles. The van der Waals surface area contributed by atoms with E-state index in [-0.39, 0.29) is 29.0 Å². The number of imide groups is 1. The third kappa shape index (κ3) is 3.26. The van der Waals surface area contributed by atoms with Gasteiger partial charge in [-0.15, -0.1) is 0 Å². The minimum atomic E-state index is -1.65. The van der Waals surface area contributed by atoms with Gasteiger partial charge in [-0.1, -0.05) is 12.1 Å². The van der Waals surface area contributed by atoms with Crippen molar-refractivity contribution in [1.82, 2.24) is 5.32 Å². The summed E-state index contributed by atoms with van der Waals surface area (Å²) in [4.78, 5) is 53.8. The molecule has 186 valence electrons. The molecule has 9 nitrogen and oxygen atoms in total. The maximum Gasteiger partial charge on any atom is 0.250 e. The maximum atomic E-state index is 14.4. The normalized spacial score (nSPS) is 25.9. The molecule has 0 saturated carbocycles. The van der Waals surface area contributed by atoms with Crippen molar-refractivity contribution in [1.29, 1.82) is 0 Å². The Morgan fingerprint density at radius 1 is 1.00 bits per heavy atom. The van der Waals surface area contributed by atoms with Gasteiger partial charge in [0.25, 0.3) is 0 Å². The first-order valence-electron chi connectivity index (χ1n) is 11.7. The lowest BCUT2D eigenvalue weighted by molar-refractivity contribution is -0.130. The zero-order valence-electron chi connectivity index (χ0n) is 19.3. The van der Waals surface area contributed by atoms with Gasteiger partial charge in [0.05, 0.1) is 17.5 Å². The van der Waals surface area contributed by atoms with Gasteiger partial charge in [0, 0.05) is 22.9 Å². The van der Waals surface area contributed by atoms with Gasteiger partial charge in [-0.3, -0.25) is 24.5 Å². The van der Waals surface area contributed by atoms with Crippen molar-refractivity contribution >= 4 is 35.0 Å². The topological polar surface area (TPSA) is 142 Å². The van der Waals surface area contributed by atoms with Crippen LogP contribution in [0.2, 0.25) is 0 Å². The minimum Gasteiger partial charge on any atom is -0.508 e. The molecule has 37 heavy (non-hydrogen) atoms. The van der Waals surface area contributed by atoms with E-state index in [9.17, 15) is 28.7 Å². The summed E-state index contributed by atoms with van der Waals surface area (Å²) < 4.78 is 14.4. The monoisotopic (exact) mass is 500 g/mol. The molecule has 0 unspecified atom stereocenters. The second-order valence-corrected chi connectivity index (χ2v) is 9.50. The van der Waals surface area contributed by atoms with Crippen molar-refractivity contribution in [3.63, 3.8) is 0 Å². The van der Waals surface area contributed by atoms with Crippen LogP contribution in [0.3, 0.4) is 0 Å². The number of nitrogens with one attached hydrogen (secondary N) is 2. The molecule has 3 aliphatic heterocycles. The number of anilines is 2. The molecule has 6 rings (SSSR count). The number of phenols is 1. The smallest absolute Gasteiger partial charge is 0.250 e. The second kappa shape index (κ2) is 7.97. The number of primary amides is 1. The highest BCUT2D eigenvalue weighted by Gasteiger charge is 2.70. The van der Waals surface area contributed by atoms with Crippen LogP contribution in [0, 0.1) is 17.7 Å². The standard InChI is InChI=1S/C27H21FN4O5/c28-15-5-10-19-18(12-15)27(26(37)30-19)22-21(20(31-27)11-13-1-8-17(33)9-2-13)24(35)32(25(22)36)16-6-3-14(4-7-16)23(29)34/h1-10,12,20-22,31,33H,11H2,(H2,29,34)(H,30,37)/t20-,21+,22-,27+/m0/s1. The quantitative estimate of drug-likeness (QED) is 0.403. The summed E-state index contributed by atoms with van der Waals surface area (Å²) in [5, 5.41) is 15.6. The molecule has 0 aromatic heterocycles. The number of benzene rings is 3. The Labute approximate surface area is 210 Å². The van der Waals surface area contributed by atoms with Crippen LogP contribution >= 0.6 is 0 Å². The highest BCUT2D eigenvalue weighted by atomic mass is 19.1.